The predicted molar refractivity (Wildman–Crippen MR) is 151 cm³/mol. The van der Waals surface area contributed by atoms with Crippen LogP contribution in [0.4, 0.5) is 10.1 Å². The average Bonchev–Trinajstić information content (AvgIpc) is 2.95. The minimum atomic E-state index is -4.03. The molecule has 1 fully saturated rings. The Hall–Kier alpha value is -4.58. The van der Waals surface area contributed by atoms with Crippen LogP contribution in [0.3, 0.4) is 0 Å². The average molecular weight is 566 g/mol. The molecule has 1 N–H and O–H groups in total. The number of allylic oxidation sites excluding steroid dienone is 1. The van der Waals surface area contributed by atoms with Gasteiger partial charge in [0.15, 0.2) is 0 Å². The molecule has 0 bridgehead atoms. The SMILES string of the molecule is C=N/C=C(\C=C(/C)F)C(=O)N1CCN(C(=O)c2ccc(NS(=O)(=O)c3cccc4cccnc34)c(OC)c2)CC1. The molecule has 0 spiro atoms. The minimum absolute atomic E-state index is 0.0132. The molecular weight excluding hydrogens is 537 g/mol. The van der Waals surface area contributed by atoms with Crippen LogP contribution in [0.25, 0.3) is 10.9 Å². The summed E-state index contributed by atoms with van der Waals surface area (Å²) in [6.07, 6.45) is 3.81. The Kier molecular flexibility index (Phi) is 8.58. The smallest absolute Gasteiger partial charge is 0.264 e. The van der Waals surface area contributed by atoms with Gasteiger partial charge in [0.1, 0.15) is 10.6 Å². The maximum atomic E-state index is 13.4. The van der Waals surface area contributed by atoms with Gasteiger partial charge in [0.05, 0.1) is 29.7 Å². The minimum Gasteiger partial charge on any atom is -0.495 e. The molecule has 1 aromatic heterocycles. The Morgan fingerprint density at radius 3 is 2.48 bits per heavy atom. The second-order valence-corrected chi connectivity index (χ2v) is 10.6. The summed E-state index contributed by atoms with van der Waals surface area (Å²) < 4.78 is 47.8. The van der Waals surface area contributed by atoms with Crippen LogP contribution in [0.15, 0.2) is 88.3 Å². The van der Waals surface area contributed by atoms with Gasteiger partial charge in [-0.05, 0) is 50.0 Å². The normalized spacial score (nSPS) is 14.7. The van der Waals surface area contributed by atoms with E-state index in [1.54, 1.807) is 29.2 Å². The van der Waals surface area contributed by atoms with Gasteiger partial charge in [-0.1, -0.05) is 18.2 Å². The van der Waals surface area contributed by atoms with Gasteiger partial charge >= 0.3 is 0 Å². The fourth-order valence-electron chi connectivity index (χ4n) is 4.35. The monoisotopic (exact) mass is 565 g/mol. The molecule has 208 valence electrons. The third-order valence-corrected chi connectivity index (χ3v) is 7.66. The van der Waals surface area contributed by atoms with Crippen molar-refractivity contribution in [3.8, 4) is 5.75 Å². The first kappa shape index (κ1) is 28.4. The molecule has 40 heavy (non-hydrogen) atoms. The first-order chi connectivity index (χ1) is 19.1. The molecule has 2 amide bonds. The summed E-state index contributed by atoms with van der Waals surface area (Å²) >= 11 is 0. The van der Waals surface area contributed by atoms with Gasteiger partial charge in [-0.25, -0.2) is 12.8 Å². The van der Waals surface area contributed by atoms with Crippen molar-refractivity contribution in [3.63, 3.8) is 0 Å². The quantitative estimate of drug-likeness (QED) is 0.252. The number of para-hydroxylation sites is 1. The third-order valence-electron chi connectivity index (χ3n) is 6.26. The number of benzene rings is 2. The summed E-state index contributed by atoms with van der Waals surface area (Å²) in [6, 6.07) is 12.8. The lowest BCUT2D eigenvalue weighted by Crippen LogP contribution is -2.50. The second kappa shape index (κ2) is 12.1. The van der Waals surface area contributed by atoms with Crippen molar-refractivity contribution in [2.75, 3.05) is 38.0 Å². The Balaban J connectivity index is 1.48. The van der Waals surface area contributed by atoms with E-state index in [-0.39, 0.29) is 54.0 Å². The van der Waals surface area contributed by atoms with Crippen molar-refractivity contribution in [3.05, 3.63) is 84.0 Å². The van der Waals surface area contributed by atoms with Crippen LogP contribution in [-0.2, 0) is 14.8 Å². The number of anilines is 1. The Bertz CT molecular complexity index is 1620. The van der Waals surface area contributed by atoms with Gasteiger partial charge in [-0.2, -0.15) is 0 Å². The number of aliphatic imine (C=N–C) groups is 1. The number of hydrogen-bond donors (Lipinski definition) is 1. The number of nitrogens with zero attached hydrogens (tertiary/aromatic N) is 4. The van der Waals surface area contributed by atoms with Crippen LogP contribution in [-0.4, -0.2) is 75.0 Å². The highest BCUT2D eigenvalue weighted by molar-refractivity contribution is 7.93. The largest absolute Gasteiger partial charge is 0.495 e. The first-order valence-electron chi connectivity index (χ1n) is 12.3. The molecule has 1 aliphatic rings. The van der Waals surface area contributed by atoms with Crippen LogP contribution >= 0.6 is 0 Å². The zero-order valence-corrected chi connectivity index (χ0v) is 22.8. The van der Waals surface area contributed by atoms with E-state index in [4.69, 9.17) is 4.74 Å². The molecule has 1 aliphatic heterocycles. The molecule has 12 heteroatoms. The Morgan fingerprint density at radius 1 is 1.10 bits per heavy atom. The van der Waals surface area contributed by atoms with Gasteiger partial charge < -0.3 is 14.5 Å². The zero-order chi connectivity index (χ0) is 28.9. The number of carbonyl (C=O) groups excluding carboxylic acids is 2. The molecule has 0 aliphatic carbocycles. The maximum Gasteiger partial charge on any atom is 0.264 e. The van der Waals surface area contributed by atoms with Crippen molar-refractivity contribution >= 4 is 45.1 Å². The summed E-state index contributed by atoms with van der Waals surface area (Å²) in [5, 5.41) is 0.679. The summed E-state index contributed by atoms with van der Waals surface area (Å²) in [5.74, 6) is -1.08. The van der Waals surface area contributed by atoms with Gasteiger partial charge in [-0.15, -0.1) is 0 Å². The van der Waals surface area contributed by atoms with Crippen molar-refractivity contribution in [2.24, 2.45) is 4.99 Å². The molecule has 2 heterocycles. The molecule has 0 saturated carbocycles. The van der Waals surface area contributed by atoms with E-state index in [1.807, 2.05) is 0 Å². The summed E-state index contributed by atoms with van der Waals surface area (Å²) in [5.41, 5.74) is 0.851. The number of rotatable bonds is 8. The van der Waals surface area contributed by atoms with Crippen molar-refractivity contribution < 1.29 is 27.1 Å². The second-order valence-electron chi connectivity index (χ2n) is 8.93. The van der Waals surface area contributed by atoms with E-state index in [2.05, 4.69) is 21.4 Å². The van der Waals surface area contributed by atoms with Crippen molar-refractivity contribution in [1.29, 1.82) is 0 Å². The van der Waals surface area contributed by atoms with Crippen molar-refractivity contribution in [2.45, 2.75) is 11.8 Å². The van der Waals surface area contributed by atoms with Crippen LogP contribution in [0, 0.1) is 0 Å². The lowest BCUT2D eigenvalue weighted by Gasteiger charge is -2.35. The van der Waals surface area contributed by atoms with Gasteiger partial charge in [-0.3, -0.25) is 24.3 Å². The fourth-order valence-corrected chi connectivity index (χ4v) is 5.60. The number of halogens is 1. The third kappa shape index (κ3) is 6.18. The number of fused-ring (bicyclic) bond motifs is 1. The van der Waals surface area contributed by atoms with E-state index in [9.17, 15) is 22.4 Å². The fraction of sp³-hybridized carbons (Fsp3) is 0.214. The number of ether oxygens (including phenoxy) is 1. The molecule has 10 nitrogen and oxygen atoms in total. The molecule has 0 unspecified atom stereocenters. The van der Waals surface area contributed by atoms with Crippen LogP contribution in [0.2, 0.25) is 0 Å². The first-order valence-corrected chi connectivity index (χ1v) is 13.8. The van der Waals surface area contributed by atoms with E-state index >= 15 is 0 Å². The molecular formula is C28H28FN5O5S. The van der Waals surface area contributed by atoms with Crippen molar-refractivity contribution in [1.82, 2.24) is 14.8 Å². The van der Waals surface area contributed by atoms with Gasteiger partial charge in [0, 0.05) is 49.5 Å². The number of carbonyl (C=O) groups is 2. The number of aromatic nitrogens is 1. The molecule has 2 aromatic carbocycles. The highest BCUT2D eigenvalue weighted by Crippen LogP contribution is 2.30. The maximum absolute atomic E-state index is 13.4. The van der Waals surface area contributed by atoms with Gasteiger partial charge in [0.25, 0.3) is 21.8 Å². The number of methoxy groups -OCH3 is 1. The van der Waals surface area contributed by atoms with E-state index in [0.717, 1.165) is 6.08 Å². The van der Waals surface area contributed by atoms with Crippen LogP contribution in [0.1, 0.15) is 17.3 Å². The molecule has 1 saturated heterocycles. The van der Waals surface area contributed by atoms with E-state index in [1.165, 1.54) is 55.6 Å². The lowest BCUT2D eigenvalue weighted by molar-refractivity contribution is -0.128. The van der Waals surface area contributed by atoms with Crippen LogP contribution < -0.4 is 9.46 Å². The number of hydrogen-bond acceptors (Lipinski definition) is 7. The molecule has 4 rings (SSSR count). The molecule has 0 radical (unpaired) electrons. The summed E-state index contributed by atoms with van der Waals surface area (Å²) in [4.78, 5) is 36.9. The summed E-state index contributed by atoms with van der Waals surface area (Å²) in [6.45, 7) is 5.54. The molecule has 3 aromatic rings. The standard InChI is InChI=1S/C28H28FN5O5S/c1-19(29)16-22(18-30-2)28(36)34-14-12-33(13-15-34)27(35)21-9-10-23(24(17-21)39-3)32-40(37,38)25-8-4-6-20-7-5-11-31-26(20)25/h4-11,16-18,32H,2,12-15H2,1,3H3/b19-16+,22-18+. The van der Waals surface area contributed by atoms with Crippen LogP contribution in [0.5, 0.6) is 5.75 Å². The number of piperazine rings is 1. The Morgan fingerprint density at radius 2 is 1.80 bits per heavy atom. The lowest BCUT2D eigenvalue weighted by atomic mass is 10.1. The number of pyridine rings is 1. The molecule has 0 atom stereocenters. The number of amides is 2. The van der Waals surface area contributed by atoms with E-state index in [0.29, 0.717) is 16.5 Å². The Labute approximate surface area is 231 Å². The zero-order valence-electron chi connectivity index (χ0n) is 22.0. The summed E-state index contributed by atoms with van der Waals surface area (Å²) in [7, 11) is -2.65. The van der Waals surface area contributed by atoms with E-state index < -0.39 is 21.8 Å². The predicted octanol–water partition coefficient (Wildman–Crippen LogP) is 3.79. The topological polar surface area (TPSA) is 121 Å². The number of sulfonamides is 1. The van der Waals surface area contributed by atoms with Gasteiger partial charge in [0.2, 0.25) is 0 Å². The number of nitrogens with one attached hydrogen (secondary N) is 1. The highest BCUT2D eigenvalue weighted by atomic mass is 32.2. The highest BCUT2D eigenvalue weighted by Gasteiger charge is 2.27.